The minimum Gasteiger partial charge on any atom is -0.495 e. The number of methoxy groups -OCH3 is 1. The van der Waals surface area contributed by atoms with Crippen LogP contribution in [0.25, 0.3) is 0 Å². The van der Waals surface area contributed by atoms with Gasteiger partial charge in [0.25, 0.3) is 5.69 Å². The van der Waals surface area contributed by atoms with Crippen LogP contribution in [0, 0.1) is 16.0 Å². The number of nitro benzene ring substituents is 1. The molecule has 2 aromatic carbocycles. The van der Waals surface area contributed by atoms with Gasteiger partial charge in [-0.2, -0.15) is 0 Å². The van der Waals surface area contributed by atoms with E-state index in [4.69, 9.17) is 27.9 Å². The Morgan fingerprint density at radius 3 is 2.73 bits per heavy atom. The first-order valence-corrected chi connectivity index (χ1v) is 9.00. The van der Waals surface area contributed by atoms with Crippen LogP contribution in [-0.4, -0.2) is 12.0 Å². The number of rotatable bonds is 3. The molecule has 0 radical (unpaired) electrons. The van der Waals surface area contributed by atoms with Crippen molar-refractivity contribution in [2.24, 2.45) is 5.92 Å². The molecule has 2 aromatic rings. The summed E-state index contributed by atoms with van der Waals surface area (Å²) in [6.07, 6.45) is 4.97. The smallest absolute Gasteiger partial charge is 0.275 e. The molecule has 1 heterocycles. The summed E-state index contributed by atoms with van der Waals surface area (Å²) in [5.74, 6) is 0.696. The summed E-state index contributed by atoms with van der Waals surface area (Å²) >= 11 is 12.3. The molecule has 1 N–H and O–H groups in total. The van der Waals surface area contributed by atoms with Gasteiger partial charge >= 0.3 is 0 Å². The van der Waals surface area contributed by atoms with E-state index in [1.807, 2.05) is 12.1 Å². The van der Waals surface area contributed by atoms with Crippen LogP contribution in [0.1, 0.15) is 29.5 Å². The molecule has 5 nitrogen and oxygen atoms in total. The molecule has 0 bridgehead atoms. The third kappa shape index (κ3) is 2.63. The number of fused-ring (bicyclic) bond motifs is 3. The number of ether oxygens (including phenoxy) is 1. The molecule has 26 heavy (non-hydrogen) atoms. The van der Waals surface area contributed by atoms with Gasteiger partial charge in [-0.25, -0.2) is 0 Å². The van der Waals surface area contributed by atoms with Crippen LogP contribution in [0.15, 0.2) is 42.5 Å². The van der Waals surface area contributed by atoms with Gasteiger partial charge < -0.3 is 10.1 Å². The molecule has 2 aliphatic rings. The molecule has 0 saturated heterocycles. The molecule has 1 aliphatic carbocycles. The summed E-state index contributed by atoms with van der Waals surface area (Å²) in [7, 11) is 1.56. The molecule has 0 unspecified atom stereocenters. The quantitative estimate of drug-likeness (QED) is 0.412. The van der Waals surface area contributed by atoms with Crippen molar-refractivity contribution in [2.75, 3.05) is 12.4 Å². The van der Waals surface area contributed by atoms with Gasteiger partial charge in [0.1, 0.15) is 5.75 Å². The van der Waals surface area contributed by atoms with E-state index in [2.05, 4.69) is 17.5 Å². The second-order valence-corrected chi connectivity index (χ2v) is 7.30. The highest BCUT2D eigenvalue weighted by atomic mass is 35.5. The van der Waals surface area contributed by atoms with E-state index in [1.54, 1.807) is 19.2 Å². The summed E-state index contributed by atoms with van der Waals surface area (Å²) in [6, 6.07) is 8.67. The standard InChI is InChI=1S/C19H16Cl2N2O3/c1-26-16-8-7-15(23(24)25)17-11-3-2-4-12(11)18(22-19(16)17)10-5-6-13(20)14(21)9-10/h2-3,5-9,11-12,18,22H,4H2,1H3/t11-,12-,18+/m0/s1. The van der Waals surface area contributed by atoms with E-state index < -0.39 is 0 Å². The maximum Gasteiger partial charge on any atom is 0.275 e. The molecule has 0 spiro atoms. The van der Waals surface area contributed by atoms with E-state index >= 15 is 0 Å². The zero-order valence-corrected chi connectivity index (χ0v) is 15.4. The number of nitro groups is 1. The molecular formula is C19H16Cl2N2O3. The Labute approximate surface area is 160 Å². The summed E-state index contributed by atoms with van der Waals surface area (Å²) in [4.78, 5) is 11.2. The summed E-state index contributed by atoms with van der Waals surface area (Å²) in [6.45, 7) is 0. The molecular weight excluding hydrogens is 375 g/mol. The lowest BCUT2D eigenvalue weighted by Gasteiger charge is -2.37. The van der Waals surface area contributed by atoms with E-state index in [1.165, 1.54) is 6.07 Å². The lowest BCUT2D eigenvalue weighted by Crippen LogP contribution is -2.30. The van der Waals surface area contributed by atoms with Crippen molar-refractivity contribution in [1.29, 1.82) is 0 Å². The van der Waals surface area contributed by atoms with Gasteiger partial charge in [0, 0.05) is 12.0 Å². The number of nitrogens with zero attached hydrogens (tertiary/aromatic N) is 1. The summed E-state index contributed by atoms with van der Waals surface area (Å²) in [5.41, 5.74) is 2.47. The van der Waals surface area contributed by atoms with Crippen LogP contribution >= 0.6 is 23.2 Å². The van der Waals surface area contributed by atoms with E-state index in [0.29, 0.717) is 27.0 Å². The van der Waals surface area contributed by atoms with Crippen molar-refractivity contribution < 1.29 is 9.66 Å². The maximum atomic E-state index is 11.6. The van der Waals surface area contributed by atoms with Gasteiger partial charge in [0.05, 0.1) is 39.4 Å². The summed E-state index contributed by atoms with van der Waals surface area (Å²) < 4.78 is 5.47. The highest BCUT2D eigenvalue weighted by molar-refractivity contribution is 6.42. The number of halogens is 2. The number of allylic oxidation sites excluding steroid dienone is 2. The monoisotopic (exact) mass is 390 g/mol. The van der Waals surface area contributed by atoms with Crippen molar-refractivity contribution in [3.8, 4) is 5.75 Å². The molecule has 7 heteroatoms. The number of anilines is 1. The van der Waals surface area contributed by atoms with Crippen LogP contribution in [-0.2, 0) is 0 Å². The van der Waals surface area contributed by atoms with Gasteiger partial charge in [-0.15, -0.1) is 0 Å². The van der Waals surface area contributed by atoms with Crippen LogP contribution in [0.3, 0.4) is 0 Å². The van der Waals surface area contributed by atoms with Gasteiger partial charge in [-0.3, -0.25) is 10.1 Å². The predicted octanol–water partition coefficient (Wildman–Crippen LogP) is 5.74. The van der Waals surface area contributed by atoms with E-state index in [-0.39, 0.29) is 28.5 Å². The number of hydrogen-bond donors (Lipinski definition) is 1. The fourth-order valence-electron chi connectivity index (χ4n) is 4.03. The molecule has 1 aliphatic heterocycles. The fraction of sp³-hybridized carbons (Fsp3) is 0.263. The molecule has 0 saturated carbocycles. The fourth-order valence-corrected chi connectivity index (χ4v) is 4.33. The average Bonchev–Trinajstić information content (AvgIpc) is 3.12. The minimum absolute atomic E-state index is 0.0480. The highest BCUT2D eigenvalue weighted by Crippen LogP contribution is 2.55. The van der Waals surface area contributed by atoms with Crippen molar-refractivity contribution in [1.82, 2.24) is 0 Å². The van der Waals surface area contributed by atoms with Crippen molar-refractivity contribution in [3.05, 3.63) is 73.8 Å². The Morgan fingerprint density at radius 1 is 1.23 bits per heavy atom. The van der Waals surface area contributed by atoms with Crippen molar-refractivity contribution >= 4 is 34.6 Å². The zero-order valence-electron chi connectivity index (χ0n) is 13.9. The van der Waals surface area contributed by atoms with Gasteiger partial charge in [0.15, 0.2) is 0 Å². The van der Waals surface area contributed by atoms with Gasteiger partial charge in [-0.05, 0) is 36.1 Å². The Kier molecular flexibility index (Phi) is 4.29. The molecule has 134 valence electrons. The first-order valence-electron chi connectivity index (χ1n) is 8.24. The van der Waals surface area contributed by atoms with Crippen molar-refractivity contribution in [3.63, 3.8) is 0 Å². The van der Waals surface area contributed by atoms with Crippen LogP contribution in [0.4, 0.5) is 11.4 Å². The number of hydrogen-bond acceptors (Lipinski definition) is 4. The summed E-state index contributed by atoms with van der Waals surface area (Å²) in [5, 5.41) is 16.0. The largest absolute Gasteiger partial charge is 0.495 e. The number of nitrogens with one attached hydrogen (secondary N) is 1. The molecule has 4 rings (SSSR count). The second kappa shape index (κ2) is 6.49. The van der Waals surface area contributed by atoms with Crippen LogP contribution < -0.4 is 10.1 Å². The molecule has 3 atom stereocenters. The Balaban J connectivity index is 1.88. The first kappa shape index (κ1) is 17.2. The first-order chi connectivity index (χ1) is 12.5. The Bertz CT molecular complexity index is 929. The third-order valence-electron chi connectivity index (χ3n) is 5.18. The topological polar surface area (TPSA) is 64.4 Å². The van der Waals surface area contributed by atoms with E-state index in [9.17, 15) is 10.1 Å². The average molecular weight is 391 g/mol. The minimum atomic E-state index is -0.331. The molecule has 0 amide bonds. The third-order valence-corrected chi connectivity index (χ3v) is 5.92. The van der Waals surface area contributed by atoms with Gasteiger partial charge in [-0.1, -0.05) is 41.4 Å². The normalized spacial score (nSPS) is 23.1. The lowest BCUT2D eigenvalue weighted by atomic mass is 9.76. The highest BCUT2D eigenvalue weighted by Gasteiger charge is 2.42. The van der Waals surface area contributed by atoms with E-state index in [0.717, 1.165) is 12.0 Å². The maximum absolute atomic E-state index is 11.6. The zero-order chi connectivity index (χ0) is 18.4. The molecule has 0 fully saturated rings. The van der Waals surface area contributed by atoms with Crippen LogP contribution in [0.2, 0.25) is 10.0 Å². The second-order valence-electron chi connectivity index (χ2n) is 6.48. The van der Waals surface area contributed by atoms with Gasteiger partial charge in [0.2, 0.25) is 0 Å². The lowest BCUT2D eigenvalue weighted by molar-refractivity contribution is -0.385. The number of benzene rings is 2. The van der Waals surface area contributed by atoms with Crippen molar-refractivity contribution in [2.45, 2.75) is 18.4 Å². The SMILES string of the molecule is COc1ccc([N+](=O)[O-])c2c1N[C@H](c1ccc(Cl)c(Cl)c1)[C@H]1CC=C[C@H]21. The molecule has 0 aromatic heterocycles. The van der Waals surface area contributed by atoms with Crippen LogP contribution in [0.5, 0.6) is 5.75 Å². The Morgan fingerprint density at radius 2 is 2.04 bits per heavy atom. The Hall–Kier alpha value is -2.24. The predicted molar refractivity (Wildman–Crippen MR) is 102 cm³/mol.